The van der Waals surface area contributed by atoms with Gasteiger partial charge in [0.25, 0.3) is 5.91 Å². The number of rotatable bonds is 16. The van der Waals surface area contributed by atoms with Crippen LogP contribution >= 0.6 is 0 Å². The third-order valence-corrected chi connectivity index (χ3v) is 14.0. The van der Waals surface area contributed by atoms with Gasteiger partial charge in [0.05, 0.1) is 12.6 Å². The summed E-state index contributed by atoms with van der Waals surface area (Å²) < 4.78 is 29.9. The van der Waals surface area contributed by atoms with E-state index in [2.05, 4.69) is 46.5 Å². The van der Waals surface area contributed by atoms with Crippen molar-refractivity contribution in [1.29, 1.82) is 0 Å². The van der Waals surface area contributed by atoms with Gasteiger partial charge >= 0.3 is 0 Å². The number of benzene rings is 1. The quantitative estimate of drug-likeness (QED) is 0.151. The van der Waals surface area contributed by atoms with E-state index < -0.39 is 13.9 Å². The van der Waals surface area contributed by atoms with Crippen molar-refractivity contribution < 1.29 is 28.2 Å². The lowest BCUT2D eigenvalue weighted by molar-refractivity contribution is -0.237. The van der Waals surface area contributed by atoms with Gasteiger partial charge in [-0.15, -0.1) is 0 Å². The van der Waals surface area contributed by atoms with E-state index in [0.29, 0.717) is 41.3 Å². The Bertz CT molecular complexity index is 1030. The minimum atomic E-state index is -2.19. The highest BCUT2D eigenvalue weighted by Crippen LogP contribution is 2.45. The van der Waals surface area contributed by atoms with Gasteiger partial charge in [0.1, 0.15) is 25.9 Å². The summed E-state index contributed by atoms with van der Waals surface area (Å²) in [4.78, 5) is 19.9. The summed E-state index contributed by atoms with van der Waals surface area (Å²) in [5.74, 6) is 0.531. The molecule has 2 heterocycles. The molecule has 1 aromatic carbocycles. The molecule has 0 N–H and O–H groups in total. The predicted molar refractivity (Wildman–Crippen MR) is 154 cm³/mol. The normalized spacial score (nSPS) is 19.7. The van der Waals surface area contributed by atoms with E-state index in [0.717, 1.165) is 5.56 Å². The van der Waals surface area contributed by atoms with Crippen LogP contribution in [0.3, 0.4) is 0 Å². The van der Waals surface area contributed by atoms with Crippen LogP contribution in [0.4, 0.5) is 0 Å². The Labute approximate surface area is 235 Å². The fourth-order valence-electron chi connectivity index (χ4n) is 6.17. The molecule has 0 aliphatic carbocycles. The maximum Gasteiger partial charge on any atom is 0.259 e. The molecule has 9 heteroatoms. The van der Waals surface area contributed by atoms with Crippen LogP contribution in [0, 0.1) is 0 Å². The predicted octanol–water partition coefficient (Wildman–Crippen LogP) is 5.57. The molecule has 1 aliphatic rings. The Morgan fingerprint density at radius 3 is 2.23 bits per heavy atom. The van der Waals surface area contributed by atoms with Crippen LogP contribution in [0.25, 0.3) is 0 Å². The molecule has 3 rings (SSSR count). The number of ether oxygens (including phenoxy) is 4. The number of amides is 1. The van der Waals surface area contributed by atoms with Gasteiger partial charge in [0.2, 0.25) is 0 Å². The van der Waals surface area contributed by atoms with Crippen LogP contribution in [0.2, 0.25) is 16.6 Å². The highest BCUT2D eigenvalue weighted by atomic mass is 28.4. The maximum absolute atomic E-state index is 13.7. The van der Waals surface area contributed by atoms with E-state index in [1.54, 1.807) is 25.3 Å². The number of hydrogen-bond acceptors (Lipinski definition) is 7. The van der Waals surface area contributed by atoms with E-state index in [1.807, 2.05) is 42.5 Å². The standard InChI is InChI=1S/C30H46N2O6Si/c1-22(2)39(23(3)4,24(5)6)38-19-28-30(37-21-35-8,29(33)32(28)20-34-7)17-26-16-27(14-15-31-26)36-18-25-12-10-9-11-13-25/h9-16,22-24,28H,17-21H2,1-8H3/t28-,30+/m0/s1. The van der Waals surface area contributed by atoms with Gasteiger partial charge in [-0.25, -0.2) is 0 Å². The molecular formula is C30H46N2O6Si. The second kappa shape index (κ2) is 13.9. The summed E-state index contributed by atoms with van der Waals surface area (Å²) >= 11 is 0. The highest BCUT2D eigenvalue weighted by Gasteiger charge is 2.63. The zero-order chi connectivity index (χ0) is 28.6. The van der Waals surface area contributed by atoms with E-state index in [4.69, 9.17) is 23.4 Å². The molecule has 0 spiro atoms. The first kappa shape index (κ1) is 31.2. The lowest BCUT2D eigenvalue weighted by Gasteiger charge is -2.56. The van der Waals surface area contributed by atoms with Gasteiger partial charge in [-0.2, -0.15) is 0 Å². The second-order valence-electron chi connectivity index (χ2n) is 11.2. The van der Waals surface area contributed by atoms with Gasteiger partial charge in [0, 0.05) is 38.6 Å². The van der Waals surface area contributed by atoms with Crippen molar-refractivity contribution in [2.45, 2.75) is 82.8 Å². The molecule has 1 saturated heterocycles. The molecule has 8 nitrogen and oxygen atoms in total. The van der Waals surface area contributed by atoms with Crippen molar-refractivity contribution in [2.24, 2.45) is 0 Å². The zero-order valence-corrected chi connectivity index (χ0v) is 25.8. The molecule has 0 bridgehead atoms. The Hall–Kier alpha value is -2.30. The fourth-order valence-corrected chi connectivity index (χ4v) is 11.6. The largest absolute Gasteiger partial charge is 0.489 e. The number of hydrogen-bond donors (Lipinski definition) is 0. The van der Waals surface area contributed by atoms with Crippen LogP contribution in [0.1, 0.15) is 52.8 Å². The number of methoxy groups -OCH3 is 2. The van der Waals surface area contributed by atoms with Crippen molar-refractivity contribution >= 4 is 14.2 Å². The average Bonchev–Trinajstić information content (AvgIpc) is 2.91. The molecule has 0 radical (unpaired) electrons. The summed E-state index contributed by atoms with van der Waals surface area (Å²) in [6.07, 6.45) is 1.97. The number of carbonyl (C=O) groups excluding carboxylic acids is 1. The molecule has 1 aliphatic heterocycles. The highest BCUT2D eigenvalue weighted by molar-refractivity contribution is 6.77. The van der Waals surface area contributed by atoms with Gasteiger partial charge in [-0.05, 0) is 28.3 Å². The summed E-state index contributed by atoms with van der Waals surface area (Å²) in [7, 11) is 0.958. The summed E-state index contributed by atoms with van der Waals surface area (Å²) in [5.41, 5.74) is 1.85. The smallest absolute Gasteiger partial charge is 0.259 e. The molecule has 2 aromatic rings. The van der Waals surface area contributed by atoms with E-state index in [-0.39, 0.29) is 31.9 Å². The minimum absolute atomic E-state index is 0.0195. The van der Waals surface area contributed by atoms with Crippen molar-refractivity contribution in [3.8, 4) is 5.75 Å². The number of pyridine rings is 1. The first-order chi connectivity index (χ1) is 18.6. The number of β-lactam (4-membered cyclic amide) rings is 1. The molecular weight excluding hydrogens is 512 g/mol. The third-order valence-electron chi connectivity index (χ3n) is 7.92. The van der Waals surface area contributed by atoms with Gasteiger partial charge in [-0.3, -0.25) is 9.78 Å². The molecule has 39 heavy (non-hydrogen) atoms. The van der Waals surface area contributed by atoms with Gasteiger partial charge < -0.3 is 28.3 Å². The van der Waals surface area contributed by atoms with Crippen molar-refractivity contribution in [3.63, 3.8) is 0 Å². The first-order valence-electron chi connectivity index (χ1n) is 13.8. The molecule has 0 unspecified atom stereocenters. The molecule has 1 amide bonds. The zero-order valence-electron chi connectivity index (χ0n) is 24.8. The monoisotopic (exact) mass is 558 g/mol. The summed E-state index contributed by atoms with van der Waals surface area (Å²) in [6.45, 7) is 14.5. The van der Waals surface area contributed by atoms with Crippen molar-refractivity contribution in [2.75, 3.05) is 34.4 Å². The third kappa shape index (κ3) is 6.71. The van der Waals surface area contributed by atoms with Crippen molar-refractivity contribution in [1.82, 2.24) is 9.88 Å². The Morgan fingerprint density at radius 2 is 1.64 bits per heavy atom. The number of likely N-dealkylation sites (tertiary alicyclic amines) is 1. The topological polar surface area (TPSA) is 79.4 Å². The number of carbonyl (C=O) groups is 1. The molecule has 0 saturated carbocycles. The molecule has 1 fully saturated rings. The fraction of sp³-hybridized carbons (Fsp3) is 0.600. The number of aromatic nitrogens is 1. The van der Waals surface area contributed by atoms with E-state index >= 15 is 0 Å². The average molecular weight is 559 g/mol. The molecule has 216 valence electrons. The van der Waals surface area contributed by atoms with Crippen LogP contribution < -0.4 is 4.74 Å². The van der Waals surface area contributed by atoms with Crippen molar-refractivity contribution in [3.05, 3.63) is 59.9 Å². The number of nitrogens with zero attached hydrogens (tertiary/aromatic N) is 2. The van der Waals surface area contributed by atoms with Crippen LogP contribution in [-0.2, 0) is 36.5 Å². The van der Waals surface area contributed by atoms with Crippen LogP contribution in [-0.4, -0.2) is 70.1 Å². The van der Waals surface area contributed by atoms with E-state index in [1.165, 1.54) is 0 Å². The van der Waals surface area contributed by atoms with Crippen LogP contribution in [0.15, 0.2) is 48.7 Å². The van der Waals surface area contributed by atoms with Crippen LogP contribution in [0.5, 0.6) is 5.75 Å². The summed E-state index contributed by atoms with van der Waals surface area (Å²) in [5, 5.41) is 0. The SMILES string of the molecule is COCO[C@@]1(Cc2cc(OCc3ccccc3)ccn2)C(=O)N(COC)[C@H]1CO[Si](C(C)C)(C(C)C)C(C)C. The lowest BCUT2D eigenvalue weighted by atomic mass is 9.79. The Morgan fingerprint density at radius 1 is 0.974 bits per heavy atom. The molecule has 2 atom stereocenters. The first-order valence-corrected chi connectivity index (χ1v) is 15.9. The molecule has 1 aromatic heterocycles. The van der Waals surface area contributed by atoms with E-state index in [9.17, 15) is 4.79 Å². The minimum Gasteiger partial charge on any atom is -0.489 e. The maximum atomic E-state index is 13.7. The second-order valence-corrected chi connectivity index (χ2v) is 16.7. The van der Waals surface area contributed by atoms with Gasteiger partial charge in [0.15, 0.2) is 13.9 Å². The van der Waals surface area contributed by atoms with Gasteiger partial charge in [-0.1, -0.05) is 71.9 Å². The Balaban J connectivity index is 1.88. The summed E-state index contributed by atoms with van der Waals surface area (Å²) in [6, 6.07) is 13.3. The Kier molecular flexibility index (Phi) is 11.1. The lowest BCUT2D eigenvalue weighted by Crippen LogP contribution is -2.78.